The Balaban J connectivity index is 1.52. The van der Waals surface area contributed by atoms with Crippen molar-refractivity contribution in [2.75, 3.05) is 24.8 Å². The number of carbonyl (C=O) groups excluding carboxylic acids is 1. The van der Waals surface area contributed by atoms with Crippen LogP contribution in [0.25, 0.3) is 0 Å². The van der Waals surface area contributed by atoms with Crippen LogP contribution in [-0.4, -0.2) is 41.0 Å². The first kappa shape index (κ1) is 22.2. The highest BCUT2D eigenvalue weighted by Crippen LogP contribution is 2.32. The Kier molecular flexibility index (Phi) is 6.45. The lowest BCUT2D eigenvalue weighted by atomic mass is 10.2. The standard InChI is InChI=1S/C23H21N3O6S/c1-30-19-10-8-18(9-11-19)26(33(28,29)20-5-3-2-4-6-20)15-23(27)25-24-14-17-7-12-21-22(13-17)32-16-31-21/h2-14H,15-16H2,1H3,(H,25,27)/b24-14-. The largest absolute Gasteiger partial charge is 0.497 e. The van der Waals surface area contributed by atoms with Crippen LogP contribution in [0, 0.1) is 0 Å². The van der Waals surface area contributed by atoms with Gasteiger partial charge >= 0.3 is 0 Å². The Labute approximate surface area is 191 Å². The summed E-state index contributed by atoms with van der Waals surface area (Å²) in [7, 11) is -2.49. The molecule has 0 saturated heterocycles. The van der Waals surface area contributed by atoms with Crippen LogP contribution in [0.5, 0.6) is 17.2 Å². The molecular weight excluding hydrogens is 446 g/mol. The molecule has 170 valence electrons. The van der Waals surface area contributed by atoms with Gasteiger partial charge in [0.2, 0.25) is 6.79 Å². The van der Waals surface area contributed by atoms with E-state index in [0.717, 1.165) is 4.31 Å². The molecule has 3 aromatic carbocycles. The van der Waals surface area contributed by atoms with E-state index in [9.17, 15) is 13.2 Å². The predicted octanol–water partition coefficient (Wildman–Crippen LogP) is 2.77. The predicted molar refractivity (Wildman–Crippen MR) is 122 cm³/mol. The topological polar surface area (TPSA) is 107 Å². The molecule has 0 aromatic heterocycles. The summed E-state index contributed by atoms with van der Waals surface area (Å²) in [6.07, 6.45) is 1.43. The molecule has 10 heteroatoms. The van der Waals surface area contributed by atoms with Crippen LogP contribution in [-0.2, 0) is 14.8 Å². The highest BCUT2D eigenvalue weighted by atomic mass is 32.2. The smallest absolute Gasteiger partial charge is 0.264 e. The number of nitrogens with one attached hydrogen (secondary N) is 1. The molecule has 4 rings (SSSR count). The number of hydrogen-bond donors (Lipinski definition) is 1. The first-order valence-corrected chi connectivity index (χ1v) is 11.3. The summed E-state index contributed by atoms with van der Waals surface area (Å²) < 4.78 is 43.3. The van der Waals surface area contributed by atoms with Crippen molar-refractivity contribution >= 4 is 27.8 Å². The minimum Gasteiger partial charge on any atom is -0.497 e. The molecule has 9 nitrogen and oxygen atoms in total. The number of hydrazone groups is 1. The van der Waals surface area contributed by atoms with Gasteiger partial charge in [0, 0.05) is 0 Å². The zero-order valence-electron chi connectivity index (χ0n) is 17.7. The monoisotopic (exact) mass is 467 g/mol. The lowest BCUT2D eigenvalue weighted by molar-refractivity contribution is -0.119. The van der Waals surface area contributed by atoms with E-state index >= 15 is 0 Å². The van der Waals surface area contributed by atoms with E-state index in [0.29, 0.717) is 28.5 Å². The fourth-order valence-electron chi connectivity index (χ4n) is 3.12. The number of benzene rings is 3. The van der Waals surface area contributed by atoms with Gasteiger partial charge in [0.15, 0.2) is 11.5 Å². The van der Waals surface area contributed by atoms with Crippen LogP contribution in [0.15, 0.2) is 82.8 Å². The molecule has 1 N–H and O–H groups in total. The second-order valence-electron chi connectivity index (χ2n) is 6.93. The average Bonchev–Trinajstić information content (AvgIpc) is 3.31. The molecule has 0 bridgehead atoms. The maximum atomic E-state index is 13.3. The molecule has 1 heterocycles. The van der Waals surface area contributed by atoms with E-state index in [1.54, 1.807) is 60.7 Å². The molecule has 0 fully saturated rings. The number of ether oxygens (including phenoxy) is 3. The molecule has 0 saturated carbocycles. The second kappa shape index (κ2) is 9.61. The van der Waals surface area contributed by atoms with E-state index in [2.05, 4.69) is 10.5 Å². The first-order chi connectivity index (χ1) is 16.0. The number of carbonyl (C=O) groups is 1. The van der Waals surface area contributed by atoms with Crippen molar-refractivity contribution in [1.29, 1.82) is 0 Å². The normalized spacial score (nSPS) is 12.5. The zero-order valence-corrected chi connectivity index (χ0v) is 18.5. The highest BCUT2D eigenvalue weighted by Gasteiger charge is 2.27. The van der Waals surface area contributed by atoms with Crippen molar-refractivity contribution in [3.8, 4) is 17.2 Å². The average molecular weight is 468 g/mol. The number of rotatable bonds is 8. The lowest BCUT2D eigenvalue weighted by Gasteiger charge is -2.23. The van der Waals surface area contributed by atoms with Crippen LogP contribution in [0.2, 0.25) is 0 Å². The number of anilines is 1. The van der Waals surface area contributed by atoms with Crippen LogP contribution < -0.4 is 23.9 Å². The Hall–Kier alpha value is -4.05. The van der Waals surface area contributed by atoms with Crippen molar-refractivity contribution < 1.29 is 27.4 Å². The second-order valence-corrected chi connectivity index (χ2v) is 8.79. The van der Waals surface area contributed by atoms with E-state index in [-0.39, 0.29) is 11.7 Å². The van der Waals surface area contributed by atoms with Gasteiger partial charge in [0.25, 0.3) is 15.9 Å². The van der Waals surface area contributed by atoms with Crippen molar-refractivity contribution in [2.24, 2.45) is 5.10 Å². The number of amides is 1. The van der Waals surface area contributed by atoms with E-state index < -0.39 is 22.5 Å². The molecule has 0 aliphatic carbocycles. The molecular formula is C23H21N3O6S. The molecule has 33 heavy (non-hydrogen) atoms. The number of sulfonamides is 1. The van der Waals surface area contributed by atoms with E-state index in [1.807, 2.05) is 0 Å². The van der Waals surface area contributed by atoms with Gasteiger partial charge in [-0.1, -0.05) is 18.2 Å². The van der Waals surface area contributed by atoms with Gasteiger partial charge in [-0.15, -0.1) is 0 Å². The third-order valence-electron chi connectivity index (χ3n) is 4.78. The third kappa shape index (κ3) is 5.07. The van der Waals surface area contributed by atoms with Crippen molar-refractivity contribution in [3.05, 3.63) is 78.4 Å². The SMILES string of the molecule is COc1ccc(N(CC(=O)N/N=C\c2ccc3c(c2)OCO3)S(=O)(=O)c2ccccc2)cc1. The first-order valence-electron chi connectivity index (χ1n) is 9.91. The summed E-state index contributed by atoms with van der Waals surface area (Å²) in [6, 6.07) is 19.5. The van der Waals surface area contributed by atoms with Gasteiger partial charge in [-0.3, -0.25) is 9.10 Å². The summed E-state index contributed by atoms with van der Waals surface area (Å²) in [4.78, 5) is 12.7. The lowest BCUT2D eigenvalue weighted by Crippen LogP contribution is -2.39. The van der Waals surface area contributed by atoms with Crippen LogP contribution >= 0.6 is 0 Å². The summed E-state index contributed by atoms with van der Waals surface area (Å²) in [5, 5.41) is 3.93. The van der Waals surface area contributed by atoms with Crippen molar-refractivity contribution in [2.45, 2.75) is 4.90 Å². The molecule has 0 unspecified atom stereocenters. The van der Waals surface area contributed by atoms with Crippen molar-refractivity contribution in [1.82, 2.24) is 5.43 Å². The van der Waals surface area contributed by atoms with Gasteiger partial charge in [-0.25, -0.2) is 13.8 Å². The van der Waals surface area contributed by atoms with Crippen LogP contribution in [0.1, 0.15) is 5.56 Å². The number of methoxy groups -OCH3 is 1. The molecule has 0 radical (unpaired) electrons. The van der Waals surface area contributed by atoms with Crippen LogP contribution in [0.3, 0.4) is 0 Å². The maximum absolute atomic E-state index is 13.3. The molecule has 1 aliphatic heterocycles. The molecule has 0 spiro atoms. The Bertz CT molecular complexity index is 1260. The van der Waals surface area contributed by atoms with Gasteiger partial charge in [0.05, 0.1) is 23.9 Å². The summed E-state index contributed by atoms with van der Waals surface area (Å²) in [5.74, 6) is 1.18. The Morgan fingerprint density at radius 2 is 1.79 bits per heavy atom. The minimum atomic E-state index is -4.00. The quantitative estimate of drug-likeness (QED) is 0.403. The van der Waals surface area contributed by atoms with Gasteiger partial charge < -0.3 is 14.2 Å². The van der Waals surface area contributed by atoms with Gasteiger partial charge in [-0.05, 0) is 60.2 Å². The number of hydrogen-bond acceptors (Lipinski definition) is 7. The van der Waals surface area contributed by atoms with Gasteiger partial charge in [0.1, 0.15) is 12.3 Å². The van der Waals surface area contributed by atoms with Gasteiger partial charge in [-0.2, -0.15) is 5.10 Å². The molecule has 1 aliphatic rings. The number of nitrogens with zero attached hydrogens (tertiary/aromatic N) is 2. The Morgan fingerprint density at radius 1 is 1.06 bits per heavy atom. The zero-order chi connectivity index (χ0) is 23.3. The third-order valence-corrected chi connectivity index (χ3v) is 6.57. The molecule has 1 amide bonds. The molecule has 0 atom stereocenters. The maximum Gasteiger partial charge on any atom is 0.264 e. The van der Waals surface area contributed by atoms with Crippen molar-refractivity contribution in [3.63, 3.8) is 0 Å². The summed E-state index contributed by atoms with van der Waals surface area (Å²) in [6.45, 7) is -0.314. The van der Waals surface area contributed by atoms with E-state index in [1.165, 1.54) is 25.5 Å². The van der Waals surface area contributed by atoms with Crippen LogP contribution in [0.4, 0.5) is 5.69 Å². The fourth-order valence-corrected chi connectivity index (χ4v) is 4.56. The minimum absolute atomic E-state index is 0.0671. The molecule has 3 aromatic rings. The van der Waals surface area contributed by atoms with E-state index in [4.69, 9.17) is 14.2 Å². The summed E-state index contributed by atoms with van der Waals surface area (Å²) in [5.41, 5.74) is 3.37. The Morgan fingerprint density at radius 3 is 2.52 bits per heavy atom. The summed E-state index contributed by atoms with van der Waals surface area (Å²) >= 11 is 0. The number of fused-ring (bicyclic) bond motifs is 1. The highest BCUT2D eigenvalue weighted by molar-refractivity contribution is 7.92. The fraction of sp³-hybridized carbons (Fsp3) is 0.130.